The molecule has 2 heterocycles. The lowest BCUT2D eigenvalue weighted by Gasteiger charge is -2.35. The first-order chi connectivity index (χ1) is 8.74. The Hall–Kier alpha value is -1.50. The molecule has 0 aromatic heterocycles. The van der Waals surface area contributed by atoms with Crippen LogP contribution in [0.15, 0.2) is 18.2 Å². The van der Waals surface area contributed by atoms with Crippen LogP contribution in [0.4, 0.5) is 5.69 Å². The average molecular weight is 251 g/mol. The van der Waals surface area contributed by atoms with Crippen LogP contribution in [0.2, 0.25) is 0 Å². The third kappa shape index (κ3) is 2.10. The molecule has 0 aliphatic carbocycles. The molecule has 98 valence electrons. The summed E-state index contributed by atoms with van der Waals surface area (Å²) in [5, 5.41) is 12.6. The monoisotopic (exact) mass is 251 g/mol. The van der Waals surface area contributed by atoms with Gasteiger partial charge in [0, 0.05) is 19.6 Å². The van der Waals surface area contributed by atoms with E-state index in [1.165, 1.54) is 0 Å². The minimum atomic E-state index is -0.891. The van der Waals surface area contributed by atoms with Gasteiger partial charge in [-0.05, 0) is 12.1 Å². The third-order valence-corrected chi connectivity index (χ3v) is 3.14. The van der Waals surface area contributed by atoms with Gasteiger partial charge in [-0.1, -0.05) is 6.07 Å². The first-order valence-electron chi connectivity index (χ1n) is 6.08. The topological polar surface area (TPSA) is 80.0 Å². The molecule has 6 heteroatoms. The standard InChI is InChI=1S/C12H17N3O3/c13-10-6-15(5-4-14-10)8-2-1-3-9-12(8)17-7-11(16)18-9/h1-3,10-11,14,16H,4-7,13H2. The highest BCUT2D eigenvalue weighted by atomic mass is 16.7. The van der Waals surface area contributed by atoms with E-state index in [0.29, 0.717) is 11.5 Å². The number of nitrogens with zero attached hydrogens (tertiary/aromatic N) is 1. The minimum Gasteiger partial charge on any atom is -0.481 e. The molecule has 0 amide bonds. The molecule has 1 fully saturated rings. The number of piperazine rings is 1. The van der Waals surface area contributed by atoms with Crippen LogP contribution in [0, 0.1) is 0 Å². The van der Waals surface area contributed by atoms with Crippen LogP contribution in [0.1, 0.15) is 0 Å². The summed E-state index contributed by atoms with van der Waals surface area (Å²) in [5.74, 6) is 1.27. The Morgan fingerprint density at radius 3 is 3.17 bits per heavy atom. The molecule has 4 N–H and O–H groups in total. The van der Waals surface area contributed by atoms with Gasteiger partial charge in [-0.3, -0.25) is 5.32 Å². The van der Waals surface area contributed by atoms with Gasteiger partial charge in [0.05, 0.1) is 11.9 Å². The predicted molar refractivity (Wildman–Crippen MR) is 66.8 cm³/mol. The molecule has 2 unspecified atom stereocenters. The van der Waals surface area contributed by atoms with Crippen molar-refractivity contribution in [3.05, 3.63) is 18.2 Å². The molecule has 2 aliphatic rings. The molecule has 2 atom stereocenters. The lowest BCUT2D eigenvalue weighted by atomic mass is 10.2. The van der Waals surface area contributed by atoms with E-state index < -0.39 is 6.29 Å². The Labute approximate surface area is 105 Å². The number of benzene rings is 1. The van der Waals surface area contributed by atoms with E-state index in [-0.39, 0.29) is 12.8 Å². The molecule has 0 radical (unpaired) electrons. The van der Waals surface area contributed by atoms with Gasteiger partial charge >= 0.3 is 0 Å². The largest absolute Gasteiger partial charge is 0.481 e. The quantitative estimate of drug-likeness (QED) is 0.623. The summed E-state index contributed by atoms with van der Waals surface area (Å²) >= 11 is 0. The van der Waals surface area contributed by atoms with Gasteiger partial charge in [0.25, 0.3) is 0 Å². The Morgan fingerprint density at radius 2 is 2.33 bits per heavy atom. The summed E-state index contributed by atoms with van der Waals surface area (Å²) in [5.41, 5.74) is 6.86. The van der Waals surface area contributed by atoms with Crippen LogP contribution in [0.25, 0.3) is 0 Å². The lowest BCUT2D eigenvalue weighted by molar-refractivity contribution is -0.0667. The Bertz CT molecular complexity index is 441. The van der Waals surface area contributed by atoms with Gasteiger partial charge in [0.2, 0.25) is 6.29 Å². The van der Waals surface area contributed by atoms with Crippen LogP contribution in [-0.2, 0) is 0 Å². The van der Waals surface area contributed by atoms with Gasteiger partial charge in [-0.15, -0.1) is 0 Å². The van der Waals surface area contributed by atoms with Crippen molar-refractivity contribution >= 4 is 5.69 Å². The number of aliphatic hydroxyl groups excluding tert-OH is 1. The predicted octanol–water partition coefficient (Wildman–Crippen LogP) is -0.529. The van der Waals surface area contributed by atoms with Crippen molar-refractivity contribution in [3.63, 3.8) is 0 Å². The third-order valence-electron chi connectivity index (χ3n) is 3.14. The van der Waals surface area contributed by atoms with Crippen molar-refractivity contribution in [3.8, 4) is 11.5 Å². The number of aliphatic hydroxyl groups is 1. The molecule has 6 nitrogen and oxygen atoms in total. The first kappa shape index (κ1) is 11.6. The normalized spacial score (nSPS) is 27.1. The van der Waals surface area contributed by atoms with E-state index in [0.717, 1.165) is 25.3 Å². The van der Waals surface area contributed by atoms with Gasteiger partial charge in [0.1, 0.15) is 0 Å². The van der Waals surface area contributed by atoms with Crippen LogP contribution in [-0.4, -0.2) is 43.8 Å². The van der Waals surface area contributed by atoms with E-state index in [1.54, 1.807) is 6.07 Å². The molecule has 2 aliphatic heterocycles. The van der Waals surface area contributed by atoms with Gasteiger partial charge in [-0.2, -0.15) is 0 Å². The summed E-state index contributed by atoms with van der Waals surface area (Å²) in [6.07, 6.45) is -0.928. The lowest BCUT2D eigenvalue weighted by Crippen LogP contribution is -2.55. The van der Waals surface area contributed by atoms with Crippen LogP contribution >= 0.6 is 0 Å². The maximum absolute atomic E-state index is 9.41. The molecule has 0 spiro atoms. The molecule has 1 saturated heterocycles. The Balaban J connectivity index is 1.90. The second kappa shape index (κ2) is 4.64. The summed E-state index contributed by atoms with van der Waals surface area (Å²) < 4.78 is 10.9. The second-order valence-corrected chi connectivity index (χ2v) is 4.49. The second-order valence-electron chi connectivity index (χ2n) is 4.49. The molecule has 18 heavy (non-hydrogen) atoms. The number of para-hydroxylation sites is 1. The minimum absolute atomic E-state index is 0.0373. The molecule has 3 rings (SSSR count). The molecular weight excluding hydrogens is 234 g/mol. The maximum Gasteiger partial charge on any atom is 0.232 e. The number of hydrogen-bond acceptors (Lipinski definition) is 6. The number of nitrogens with two attached hydrogens (primary N) is 1. The highest BCUT2D eigenvalue weighted by Gasteiger charge is 2.25. The SMILES string of the molecule is NC1CN(c2cccc3c2OCC(O)O3)CCN1. The summed E-state index contributed by atoms with van der Waals surface area (Å²) in [7, 11) is 0. The number of anilines is 1. The fraction of sp³-hybridized carbons (Fsp3) is 0.500. The van der Waals surface area contributed by atoms with Crippen LogP contribution in [0.5, 0.6) is 11.5 Å². The summed E-state index contributed by atoms with van der Waals surface area (Å²) in [6, 6.07) is 5.67. The number of nitrogens with one attached hydrogen (secondary N) is 1. The number of ether oxygens (including phenoxy) is 2. The highest BCUT2D eigenvalue weighted by molar-refractivity contribution is 5.65. The summed E-state index contributed by atoms with van der Waals surface area (Å²) in [6.45, 7) is 2.59. The maximum atomic E-state index is 9.41. The van der Waals surface area contributed by atoms with E-state index in [1.807, 2.05) is 12.1 Å². The smallest absolute Gasteiger partial charge is 0.232 e. The Kier molecular flexibility index (Phi) is 2.99. The van der Waals surface area contributed by atoms with Crippen molar-refractivity contribution < 1.29 is 14.6 Å². The number of fused-ring (bicyclic) bond motifs is 1. The van der Waals surface area contributed by atoms with Crippen molar-refractivity contribution in [2.45, 2.75) is 12.5 Å². The molecule has 0 saturated carbocycles. The molecular formula is C12H17N3O3. The zero-order valence-electron chi connectivity index (χ0n) is 10.0. The fourth-order valence-corrected chi connectivity index (χ4v) is 2.32. The number of rotatable bonds is 1. The van der Waals surface area contributed by atoms with Gasteiger partial charge < -0.3 is 25.2 Å². The van der Waals surface area contributed by atoms with Crippen molar-refractivity contribution in [1.29, 1.82) is 0 Å². The first-order valence-corrected chi connectivity index (χ1v) is 6.08. The van der Waals surface area contributed by atoms with E-state index in [9.17, 15) is 5.11 Å². The van der Waals surface area contributed by atoms with Crippen molar-refractivity contribution in [2.75, 3.05) is 31.1 Å². The number of hydrogen-bond donors (Lipinski definition) is 3. The van der Waals surface area contributed by atoms with Crippen molar-refractivity contribution in [1.82, 2.24) is 5.32 Å². The Morgan fingerprint density at radius 1 is 1.44 bits per heavy atom. The van der Waals surface area contributed by atoms with Crippen LogP contribution < -0.4 is 25.4 Å². The van der Waals surface area contributed by atoms with Gasteiger partial charge in [0.15, 0.2) is 18.1 Å². The van der Waals surface area contributed by atoms with Crippen LogP contribution in [0.3, 0.4) is 0 Å². The average Bonchev–Trinajstić information content (AvgIpc) is 2.37. The molecule has 0 bridgehead atoms. The van der Waals surface area contributed by atoms with E-state index in [4.69, 9.17) is 15.2 Å². The highest BCUT2D eigenvalue weighted by Crippen LogP contribution is 2.40. The molecule has 1 aromatic rings. The van der Waals surface area contributed by atoms with Crippen molar-refractivity contribution in [2.24, 2.45) is 5.73 Å². The van der Waals surface area contributed by atoms with E-state index >= 15 is 0 Å². The van der Waals surface area contributed by atoms with E-state index in [2.05, 4.69) is 10.2 Å². The zero-order valence-corrected chi connectivity index (χ0v) is 10.0. The zero-order chi connectivity index (χ0) is 12.5. The molecule has 1 aromatic carbocycles. The summed E-state index contributed by atoms with van der Waals surface area (Å²) in [4.78, 5) is 2.17. The fourth-order valence-electron chi connectivity index (χ4n) is 2.32. The van der Waals surface area contributed by atoms with Gasteiger partial charge in [-0.25, -0.2) is 0 Å².